The Morgan fingerprint density at radius 3 is 2.55 bits per heavy atom. The molecule has 0 fully saturated rings. The average molecular weight is 329 g/mol. The highest BCUT2D eigenvalue weighted by Crippen LogP contribution is 2.26. The van der Waals surface area contributed by atoms with E-state index in [4.69, 9.17) is 0 Å². The molecule has 1 atom stereocenters. The lowest BCUT2D eigenvalue weighted by atomic mass is 10.1. The third kappa shape index (κ3) is 5.32. The van der Waals surface area contributed by atoms with Gasteiger partial charge in [-0.2, -0.15) is 0 Å². The zero-order valence-electron chi connectivity index (χ0n) is 12.6. The molecule has 0 bridgehead atoms. The molecule has 1 unspecified atom stereocenters. The van der Waals surface area contributed by atoms with Crippen LogP contribution in [0.5, 0.6) is 0 Å². The Morgan fingerprint density at radius 1 is 1.41 bits per heavy atom. The highest BCUT2D eigenvalue weighted by atomic mass is 32.2. The molecular formula is C13H19N3O5S. The fourth-order valence-corrected chi connectivity index (χ4v) is 2.60. The molecule has 1 aromatic carbocycles. The number of nitro groups is 1. The number of sulfone groups is 1. The number of rotatable bonds is 7. The fraction of sp³-hybridized carbons (Fsp3) is 0.462. The van der Waals surface area contributed by atoms with Crippen LogP contribution in [0.1, 0.15) is 23.7 Å². The zero-order chi connectivity index (χ0) is 16.9. The molecule has 9 heteroatoms. The topological polar surface area (TPSA) is 118 Å². The summed E-state index contributed by atoms with van der Waals surface area (Å²) in [7, 11) is -1.65. The minimum atomic E-state index is -3.09. The van der Waals surface area contributed by atoms with E-state index in [9.17, 15) is 23.3 Å². The summed E-state index contributed by atoms with van der Waals surface area (Å²) in [5, 5.41) is 16.4. The van der Waals surface area contributed by atoms with Crippen LogP contribution in [0, 0.1) is 10.1 Å². The van der Waals surface area contributed by atoms with E-state index in [0.717, 1.165) is 6.26 Å². The predicted molar refractivity (Wildman–Crippen MR) is 83.9 cm³/mol. The first-order chi connectivity index (χ1) is 10.1. The van der Waals surface area contributed by atoms with E-state index in [0.29, 0.717) is 6.42 Å². The molecule has 1 aromatic rings. The normalized spacial score (nSPS) is 12.5. The van der Waals surface area contributed by atoms with E-state index >= 15 is 0 Å². The van der Waals surface area contributed by atoms with Gasteiger partial charge in [0.15, 0.2) is 0 Å². The van der Waals surface area contributed by atoms with Crippen LogP contribution in [-0.2, 0) is 9.84 Å². The van der Waals surface area contributed by atoms with Crippen LogP contribution in [-0.4, -0.2) is 44.3 Å². The average Bonchev–Trinajstić information content (AvgIpc) is 2.43. The molecule has 1 rings (SSSR count). The molecule has 0 saturated heterocycles. The number of carbonyl (C=O) groups excluding carboxylic acids is 1. The van der Waals surface area contributed by atoms with Crippen molar-refractivity contribution in [3.63, 3.8) is 0 Å². The van der Waals surface area contributed by atoms with Crippen molar-refractivity contribution in [2.45, 2.75) is 19.4 Å². The van der Waals surface area contributed by atoms with Crippen molar-refractivity contribution in [1.82, 2.24) is 5.32 Å². The summed E-state index contributed by atoms with van der Waals surface area (Å²) < 4.78 is 22.3. The SMILES string of the molecule is CNC(=O)c1ccc(NC(C)CCS(C)(=O)=O)c([N+](=O)[O-])c1. The smallest absolute Gasteiger partial charge is 0.293 e. The zero-order valence-corrected chi connectivity index (χ0v) is 13.4. The summed E-state index contributed by atoms with van der Waals surface area (Å²) in [6.07, 6.45) is 1.47. The number of nitro benzene ring substituents is 1. The first-order valence-corrected chi connectivity index (χ1v) is 8.65. The van der Waals surface area contributed by atoms with Gasteiger partial charge in [0.1, 0.15) is 15.5 Å². The van der Waals surface area contributed by atoms with Gasteiger partial charge in [-0.25, -0.2) is 8.42 Å². The second kappa shape index (κ2) is 7.21. The Balaban J connectivity index is 2.94. The van der Waals surface area contributed by atoms with Gasteiger partial charge in [-0.3, -0.25) is 14.9 Å². The van der Waals surface area contributed by atoms with Crippen molar-refractivity contribution in [2.24, 2.45) is 0 Å². The van der Waals surface area contributed by atoms with Gasteiger partial charge in [0, 0.05) is 31.0 Å². The maximum absolute atomic E-state index is 11.5. The molecule has 2 N–H and O–H groups in total. The monoisotopic (exact) mass is 329 g/mol. The van der Waals surface area contributed by atoms with Crippen LogP contribution in [0.2, 0.25) is 0 Å². The number of benzene rings is 1. The maximum atomic E-state index is 11.5. The molecule has 122 valence electrons. The molecular weight excluding hydrogens is 310 g/mol. The number of nitrogens with one attached hydrogen (secondary N) is 2. The van der Waals surface area contributed by atoms with Gasteiger partial charge in [-0.15, -0.1) is 0 Å². The largest absolute Gasteiger partial charge is 0.377 e. The number of anilines is 1. The van der Waals surface area contributed by atoms with E-state index in [1.54, 1.807) is 6.92 Å². The van der Waals surface area contributed by atoms with Crippen molar-refractivity contribution in [3.8, 4) is 0 Å². The highest BCUT2D eigenvalue weighted by Gasteiger charge is 2.19. The second-order valence-corrected chi connectivity index (χ2v) is 7.29. The molecule has 0 aliphatic carbocycles. The van der Waals surface area contributed by atoms with Crippen LogP contribution in [0.4, 0.5) is 11.4 Å². The van der Waals surface area contributed by atoms with Gasteiger partial charge >= 0.3 is 0 Å². The summed E-state index contributed by atoms with van der Waals surface area (Å²) in [5.74, 6) is -0.426. The molecule has 0 saturated carbocycles. The Kier molecular flexibility index (Phi) is 5.86. The number of hydrogen-bond acceptors (Lipinski definition) is 6. The van der Waals surface area contributed by atoms with E-state index in [-0.39, 0.29) is 28.7 Å². The van der Waals surface area contributed by atoms with E-state index in [1.165, 1.54) is 25.2 Å². The van der Waals surface area contributed by atoms with Gasteiger partial charge < -0.3 is 10.6 Å². The Labute approximate surface area is 129 Å². The van der Waals surface area contributed by atoms with Gasteiger partial charge in [-0.1, -0.05) is 0 Å². The van der Waals surface area contributed by atoms with Crippen LogP contribution in [0.25, 0.3) is 0 Å². The second-order valence-electron chi connectivity index (χ2n) is 5.03. The Morgan fingerprint density at radius 2 is 2.05 bits per heavy atom. The Hall–Kier alpha value is -2.16. The van der Waals surface area contributed by atoms with Crippen molar-refractivity contribution in [1.29, 1.82) is 0 Å². The number of nitrogens with zero attached hydrogens (tertiary/aromatic N) is 1. The minimum Gasteiger partial charge on any atom is -0.377 e. The standard InChI is InChI=1S/C13H19N3O5S/c1-9(6-7-22(3,20)21)15-11-5-4-10(13(17)14-2)8-12(11)16(18)19/h4-5,8-9,15H,6-7H2,1-3H3,(H,14,17). The summed E-state index contributed by atoms with van der Waals surface area (Å²) in [4.78, 5) is 22.1. The van der Waals surface area contributed by atoms with Crippen molar-refractivity contribution in [2.75, 3.05) is 24.4 Å². The number of hydrogen-bond donors (Lipinski definition) is 2. The van der Waals surface area contributed by atoms with E-state index in [2.05, 4.69) is 10.6 Å². The third-order valence-corrected chi connectivity index (χ3v) is 3.98. The summed E-state index contributed by atoms with van der Waals surface area (Å²) in [6, 6.07) is 3.83. The number of amides is 1. The molecule has 8 nitrogen and oxygen atoms in total. The predicted octanol–water partition coefficient (Wildman–Crippen LogP) is 1.19. The molecule has 0 heterocycles. The van der Waals surface area contributed by atoms with Crippen LogP contribution in [0.15, 0.2) is 18.2 Å². The summed E-state index contributed by atoms with van der Waals surface area (Å²) in [6.45, 7) is 1.74. The molecule has 1 amide bonds. The van der Waals surface area contributed by atoms with Crippen molar-refractivity contribution < 1.29 is 18.1 Å². The molecule has 0 spiro atoms. The van der Waals surface area contributed by atoms with Crippen LogP contribution in [0.3, 0.4) is 0 Å². The van der Waals surface area contributed by atoms with Crippen LogP contribution < -0.4 is 10.6 Å². The lowest BCUT2D eigenvalue weighted by molar-refractivity contribution is -0.384. The lowest BCUT2D eigenvalue weighted by Gasteiger charge is -2.15. The quantitative estimate of drug-likeness (QED) is 0.573. The van der Waals surface area contributed by atoms with Gasteiger partial charge in [0.05, 0.1) is 10.7 Å². The van der Waals surface area contributed by atoms with E-state index in [1.807, 2.05) is 0 Å². The third-order valence-electron chi connectivity index (χ3n) is 3.01. The highest BCUT2D eigenvalue weighted by molar-refractivity contribution is 7.90. The fourth-order valence-electron chi connectivity index (χ4n) is 1.82. The van der Waals surface area contributed by atoms with Crippen LogP contribution >= 0.6 is 0 Å². The van der Waals surface area contributed by atoms with E-state index < -0.39 is 20.7 Å². The molecule has 0 aliphatic heterocycles. The summed E-state index contributed by atoms with van der Waals surface area (Å²) in [5.41, 5.74) is 0.203. The maximum Gasteiger partial charge on any atom is 0.293 e. The van der Waals surface area contributed by atoms with Crippen molar-refractivity contribution >= 4 is 27.1 Å². The lowest BCUT2D eigenvalue weighted by Crippen LogP contribution is -2.21. The molecule has 22 heavy (non-hydrogen) atoms. The first-order valence-electron chi connectivity index (χ1n) is 6.59. The molecule has 0 aliphatic rings. The molecule has 0 aromatic heterocycles. The number of carbonyl (C=O) groups is 1. The molecule has 0 radical (unpaired) electrons. The van der Waals surface area contributed by atoms with Crippen molar-refractivity contribution in [3.05, 3.63) is 33.9 Å². The Bertz CT molecular complexity index is 672. The minimum absolute atomic E-state index is 0.00864. The van der Waals surface area contributed by atoms with Gasteiger partial charge in [0.2, 0.25) is 0 Å². The van der Waals surface area contributed by atoms with Gasteiger partial charge in [0.25, 0.3) is 11.6 Å². The first kappa shape index (κ1) is 17.9. The van der Waals surface area contributed by atoms with Gasteiger partial charge in [-0.05, 0) is 25.5 Å². The summed E-state index contributed by atoms with van der Waals surface area (Å²) >= 11 is 0.